The van der Waals surface area contributed by atoms with Crippen molar-refractivity contribution in [3.05, 3.63) is 70.9 Å². The number of unbranched alkanes of at least 4 members (excludes halogenated alkanes) is 4. The van der Waals surface area contributed by atoms with Crippen LogP contribution in [0.3, 0.4) is 0 Å². The van der Waals surface area contributed by atoms with Gasteiger partial charge in [0, 0.05) is 0 Å². The van der Waals surface area contributed by atoms with Gasteiger partial charge < -0.3 is 0 Å². The van der Waals surface area contributed by atoms with Gasteiger partial charge in [-0.15, -0.1) is 0 Å². The number of aryl methyl sites for hydroxylation is 1. The van der Waals surface area contributed by atoms with Crippen LogP contribution in [0.1, 0.15) is 44.6 Å². The van der Waals surface area contributed by atoms with Crippen molar-refractivity contribution in [2.45, 2.75) is 45.4 Å². The number of hydrogen-bond donors (Lipinski definition) is 0. The van der Waals surface area contributed by atoms with Crippen molar-refractivity contribution >= 4 is 32.9 Å². The molecule has 0 spiro atoms. The Kier molecular flexibility index (Phi) is 5.36. The molecule has 0 radical (unpaired) electrons. The molecule has 1 aromatic heterocycles. The SMILES string of the molecule is CCCCCCCc1cscc1-c1cc2ccccc2c2ccccc12. The van der Waals surface area contributed by atoms with E-state index in [-0.39, 0.29) is 0 Å². The zero-order valence-electron chi connectivity index (χ0n) is 15.5. The molecule has 0 atom stereocenters. The van der Waals surface area contributed by atoms with E-state index in [4.69, 9.17) is 0 Å². The third-order valence-electron chi connectivity index (χ3n) is 5.35. The highest BCUT2D eigenvalue weighted by Crippen LogP contribution is 2.38. The maximum atomic E-state index is 2.39. The maximum absolute atomic E-state index is 2.39. The van der Waals surface area contributed by atoms with Gasteiger partial charge in [0.15, 0.2) is 0 Å². The van der Waals surface area contributed by atoms with Crippen molar-refractivity contribution in [2.24, 2.45) is 0 Å². The van der Waals surface area contributed by atoms with Gasteiger partial charge in [0.1, 0.15) is 0 Å². The molecule has 0 aliphatic heterocycles. The van der Waals surface area contributed by atoms with E-state index in [9.17, 15) is 0 Å². The van der Waals surface area contributed by atoms with Gasteiger partial charge in [0.2, 0.25) is 0 Å². The summed E-state index contributed by atoms with van der Waals surface area (Å²) in [5.41, 5.74) is 4.35. The fourth-order valence-electron chi connectivity index (χ4n) is 3.95. The van der Waals surface area contributed by atoms with Crippen LogP contribution in [0.4, 0.5) is 0 Å². The number of thiophene rings is 1. The first-order valence-corrected chi connectivity index (χ1v) is 10.8. The molecule has 0 aliphatic carbocycles. The first-order chi connectivity index (χ1) is 12.9. The standard InChI is InChI=1S/C25H26S/c1-2-3-4-5-6-12-20-17-26-18-25(20)24-16-19-11-7-8-13-21(19)22-14-9-10-15-23(22)24/h7-11,13-18H,2-6,12H2,1H3. The van der Waals surface area contributed by atoms with E-state index in [1.807, 2.05) is 11.3 Å². The molecule has 3 aromatic carbocycles. The van der Waals surface area contributed by atoms with Gasteiger partial charge >= 0.3 is 0 Å². The van der Waals surface area contributed by atoms with Crippen LogP contribution in [0.25, 0.3) is 32.7 Å². The molecule has 0 N–H and O–H groups in total. The third kappa shape index (κ3) is 3.41. The Hall–Kier alpha value is -2.12. The molecular formula is C25H26S. The number of benzene rings is 3. The zero-order valence-corrected chi connectivity index (χ0v) is 16.3. The Labute approximate surface area is 160 Å². The second-order valence-corrected chi connectivity index (χ2v) is 7.91. The number of hydrogen-bond acceptors (Lipinski definition) is 1. The molecule has 0 aliphatic rings. The second kappa shape index (κ2) is 8.05. The van der Waals surface area contributed by atoms with Crippen LogP contribution in [0.5, 0.6) is 0 Å². The predicted octanol–water partition coefficient (Wildman–Crippen LogP) is 8.23. The van der Waals surface area contributed by atoms with Crippen molar-refractivity contribution in [1.82, 2.24) is 0 Å². The lowest BCUT2D eigenvalue weighted by Gasteiger charge is -2.12. The highest BCUT2D eigenvalue weighted by atomic mass is 32.1. The molecule has 0 bridgehead atoms. The van der Waals surface area contributed by atoms with Gasteiger partial charge in [-0.3, -0.25) is 0 Å². The van der Waals surface area contributed by atoms with Crippen LogP contribution < -0.4 is 0 Å². The summed E-state index contributed by atoms with van der Waals surface area (Å²) in [5, 5.41) is 10.1. The normalized spacial score (nSPS) is 11.4. The van der Waals surface area contributed by atoms with Crippen molar-refractivity contribution in [3.8, 4) is 11.1 Å². The van der Waals surface area contributed by atoms with E-state index < -0.39 is 0 Å². The minimum absolute atomic E-state index is 1.20. The average Bonchev–Trinajstić information content (AvgIpc) is 3.15. The van der Waals surface area contributed by atoms with Crippen LogP contribution in [0.2, 0.25) is 0 Å². The smallest absolute Gasteiger partial charge is 0.00116 e. The molecule has 0 saturated heterocycles. The molecule has 4 aromatic rings. The summed E-state index contributed by atoms with van der Waals surface area (Å²) in [7, 11) is 0. The summed E-state index contributed by atoms with van der Waals surface area (Å²) in [6.45, 7) is 2.28. The summed E-state index contributed by atoms with van der Waals surface area (Å²) in [6, 6.07) is 20.0. The van der Waals surface area contributed by atoms with Crippen LogP contribution in [-0.4, -0.2) is 0 Å². The molecule has 0 fully saturated rings. The first-order valence-electron chi connectivity index (χ1n) is 9.84. The highest BCUT2D eigenvalue weighted by molar-refractivity contribution is 7.08. The van der Waals surface area contributed by atoms with Crippen molar-refractivity contribution in [1.29, 1.82) is 0 Å². The molecule has 1 heterocycles. The van der Waals surface area contributed by atoms with Gasteiger partial charge in [-0.2, -0.15) is 11.3 Å². The summed E-state index contributed by atoms with van der Waals surface area (Å²) >= 11 is 1.84. The Morgan fingerprint density at radius 2 is 1.42 bits per heavy atom. The average molecular weight is 359 g/mol. The lowest BCUT2D eigenvalue weighted by atomic mass is 9.92. The van der Waals surface area contributed by atoms with E-state index in [2.05, 4.69) is 72.3 Å². The molecule has 4 rings (SSSR count). The van der Waals surface area contributed by atoms with Gasteiger partial charge in [0.05, 0.1) is 0 Å². The van der Waals surface area contributed by atoms with Gasteiger partial charge in [0.25, 0.3) is 0 Å². The van der Waals surface area contributed by atoms with Crippen molar-refractivity contribution < 1.29 is 0 Å². The minimum atomic E-state index is 1.20. The predicted molar refractivity (Wildman–Crippen MR) is 117 cm³/mol. The Balaban J connectivity index is 1.74. The van der Waals surface area contributed by atoms with Crippen LogP contribution in [-0.2, 0) is 6.42 Å². The maximum Gasteiger partial charge on any atom is -0.00116 e. The quantitative estimate of drug-likeness (QED) is 0.230. The zero-order chi connectivity index (χ0) is 17.8. The minimum Gasteiger partial charge on any atom is -0.151 e. The number of rotatable bonds is 7. The third-order valence-corrected chi connectivity index (χ3v) is 6.14. The summed E-state index contributed by atoms with van der Waals surface area (Å²) < 4.78 is 0. The first kappa shape index (κ1) is 17.3. The van der Waals surface area contributed by atoms with E-state index >= 15 is 0 Å². The van der Waals surface area contributed by atoms with E-state index in [1.165, 1.54) is 76.8 Å². The van der Waals surface area contributed by atoms with E-state index in [1.54, 1.807) is 0 Å². The molecule has 1 heteroatoms. The molecule has 0 amide bonds. The van der Waals surface area contributed by atoms with E-state index in [0.717, 1.165) is 0 Å². The fourth-order valence-corrected chi connectivity index (χ4v) is 4.84. The fraction of sp³-hybridized carbons (Fsp3) is 0.280. The van der Waals surface area contributed by atoms with Crippen molar-refractivity contribution in [2.75, 3.05) is 0 Å². The summed E-state index contributed by atoms with van der Waals surface area (Å²) in [5.74, 6) is 0. The highest BCUT2D eigenvalue weighted by Gasteiger charge is 2.12. The summed E-state index contributed by atoms with van der Waals surface area (Å²) in [6.07, 6.45) is 7.90. The molecule has 132 valence electrons. The van der Waals surface area contributed by atoms with Crippen LogP contribution in [0, 0.1) is 0 Å². The van der Waals surface area contributed by atoms with Crippen molar-refractivity contribution in [3.63, 3.8) is 0 Å². The Morgan fingerprint density at radius 3 is 2.27 bits per heavy atom. The Morgan fingerprint density at radius 1 is 0.692 bits per heavy atom. The Bertz CT molecular complexity index is 1010. The second-order valence-electron chi connectivity index (χ2n) is 7.17. The molecular weight excluding hydrogens is 332 g/mol. The molecule has 26 heavy (non-hydrogen) atoms. The lowest BCUT2D eigenvalue weighted by molar-refractivity contribution is 0.633. The summed E-state index contributed by atoms with van der Waals surface area (Å²) in [4.78, 5) is 0. The van der Waals surface area contributed by atoms with Gasteiger partial charge in [-0.25, -0.2) is 0 Å². The molecule has 0 saturated carbocycles. The largest absolute Gasteiger partial charge is 0.151 e. The number of fused-ring (bicyclic) bond motifs is 3. The molecule has 0 nitrogen and oxygen atoms in total. The lowest BCUT2D eigenvalue weighted by Crippen LogP contribution is -1.89. The van der Waals surface area contributed by atoms with Gasteiger partial charge in [-0.1, -0.05) is 81.1 Å². The van der Waals surface area contributed by atoms with Crippen LogP contribution >= 0.6 is 11.3 Å². The van der Waals surface area contributed by atoms with E-state index in [0.29, 0.717) is 0 Å². The molecule has 0 unspecified atom stereocenters. The van der Waals surface area contributed by atoms with Gasteiger partial charge in [-0.05, 0) is 67.9 Å². The van der Waals surface area contributed by atoms with Crippen LogP contribution in [0.15, 0.2) is 65.4 Å². The monoisotopic (exact) mass is 358 g/mol. The topological polar surface area (TPSA) is 0 Å².